The van der Waals surface area contributed by atoms with Crippen LogP contribution in [0.15, 0.2) is 27.7 Å². The lowest BCUT2D eigenvalue weighted by molar-refractivity contribution is 1.40. The number of benzene rings is 1. The molecule has 0 fully saturated rings. The lowest BCUT2D eigenvalue weighted by atomic mass is 10.1. The van der Waals surface area contributed by atoms with Crippen LogP contribution in [0.5, 0.6) is 0 Å². The van der Waals surface area contributed by atoms with E-state index in [9.17, 15) is 0 Å². The molecule has 0 N–H and O–H groups in total. The van der Waals surface area contributed by atoms with Gasteiger partial charge < -0.3 is 0 Å². The van der Waals surface area contributed by atoms with Crippen molar-refractivity contribution in [3.8, 4) is 0 Å². The number of aliphatic imine (C=N–C) groups is 1. The van der Waals surface area contributed by atoms with E-state index in [-0.39, 0.29) is 0 Å². The smallest absolute Gasteiger partial charge is 0.0284 e. The summed E-state index contributed by atoms with van der Waals surface area (Å²) in [6.07, 6.45) is 1.86. The van der Waals surface area contributed by atoms with E-state index in [0.717, 1.165) is 4.47 Å². The fourth-order valence-electron chi connectivity index (χ4n) is 0.890. The lowest BCUT2D eigenvalue weighted by Crippen LogP contribution is -1.85. The van der Waals surface area contributed by atoms with Crippen LogP contribution in [0, 0.1) is 6.92 Å². The van der Waals surface area contributed by atoms with E-state index in [0.29, 0.717) is 0 Å². The average Bonchev–Trinajstić information content (AvgIpc) is 2.15. The summed E-state index contributed by atoms with van der Waals surface area (Å²) in [6.45, 7) is 6.07. The Hall–Kier alpha value is -0.630. The molecule has 0 radical (unpaired) electrons. The number of rotatable bonds is 1. The van der Waals surface area contributed by atoms with E-state index in [4.69, 9.17) is 0 Å². The summed E-state index contributed by atoms with van der Waals surface area (Å²) in [6, 6.07) is 6.16. The van der Waals surface area contributed by atoms with Crippen molar-refractivity contribution in [2.75, 3.05) is 7.05 Å². The number of hydrogen-bond donors (Lipinski definition) is 0. The quantitative estimate of drug-likeness (QED) is 0.663. The topological polar surface area (TPSA) is 12.4 Å². The summed E-state index contributed by atoms with van der Waals surface area (Å²) in [4.78, 5) is 3.96. The van der Waals surface area contributed by atoms with Crippen LogP contribution in [0.25, 0.3) is 0 Å². The molecule has 0 aliphatic carbocycles. The monoisotopic (exact) mass is 241 g/mol. The van der Waals surface area contributed by atoms with Gasteiger partial charge in [-0.2, -0.15) is 0 Å². The molecule has 0 spiro atoms. The van der Waals surface area contributed by atoms with E-state index in [1.54, 1.807) is 7.05 Å². The first-order valence-corrected chi connectivity index (χ1v) is 5.21. The zero-order chi connectivity index (χ0) is 10.3. The van der Waals surface area contributed by atoms with Gasteiger partial charge in [0.2, 0.25) is 0 Å². The summed E-state index contributed by atoms with van der Waals surface area (Å²) >= 11 is 3.40. The Labute approximate surface area is 89.0 Å². The van der Waals surface area contributed by atoms with Gasteiger partial charge >= 0.3 is 0 Å². The van der Waals surface area contributed by atoms with E-state index < -0.39 is 0 Å². The van der Waals surface area contributed by atoms with E-state index >= 15 is 0 Å². The van der Waals surface area contributed by atoms with Crippen molar-refractivity contribution in [3.05, 3.63) is 33.8 Å². The first-order valence-electron chi connectivity index (χ1n) is 4.42. The second kappa shape index (κ2) is 6.84. The zero-order valence-electron chi connectivity index (χ0n) is 8.63. The van der Waals surface area contributed by atoms with Gasteiger partial charge in [0.15, 0.2) is 0 Å². The third kappa shape index (κ3) is 4.23. The summed E-state index contributed by atoms with van der Waals surface area (Å²) in [5.41, 5.74) is 2.42. The molecule has 0 bridgehead atoms. The second-order valence-electron chi connectivity index (χ2n) is 2.39. The Morgan fingerprint density at radius 1 is 1.31 bits per heavy atom. The minimum Gasteiger partial charge on any atom is -0.296 e. The van der Waals surface area contributed by atoms with Gasteiger partial charge in [0.25, 0.3) is 0 Å². The van der Waals surface area contributed by atoms with Crippen molar-refractivity contribution in [2.24, 2.45) is 4.99 Å². The largest absolute Gasteiger partial charge is 0.296 e. The van der Waals surface area contributed by atoms with Gasteiger partial charge in [-0.25, -0.2) is 0 Å². The van der Waals surface area contributed by atoms with Crippen molar-refractivity contribution in [3.63, 3.8) is 0 Å². The fraction of sp³-hybridized carbons (Fsp3) is 0.364. The van der Waals surface area contributed by atoms with Gasteiger partial charge in [-0.3, -0.25) is 4.99 Å². The number of nitrogens with zero attached hydrogens (tertiary/aromatic N) is 1. The summed E-state index contributed by atoms with van der Waals surface area (Å²) < 4.78 is 1.10. The van der Waals surface area contributed by atoms with Gasteiger partial charge in [0, 0.05) is 17.7 Å². The summed E-state index contributed by atoms with van der Waals surface area (Å²) in [5.74, 6) is 0. The molecule has 1 aromatic carbocycles. The van der Waals surface area contributed by atoms with Gasteiger partial charge in [-0.15, -0.1) is 0 Å². The summed E-state index contributed by atoms with van der Waals surface area (Å²) in [7, 11) is 1.78. The maximum atomic E-state index is 3.96. The molecule has 0 aliphatic rings. The van der Waals surface area contributed by atoms with Crippen molar-refractivity contribution in [1.82, 2.24) is 0 Å². The Kier molecular flexibility index (Phi) is 6.51. The Balaban J connectivity index is 0.000000671. The molecular weight excluding hydrogens is 226 g/mol. The van der Waals surface area contributed by atoms with Crippen molar-refractivity contribution >= 4 is 22.1 Å². The van der Waals surface area contributed by atoms with Gasteiger partial charge in [0.05, 0.1) is 0 Å². The molecule has 0 aromatic heterocycles. The Morgan fingerprint density at radius 3 is 2.46 bits per heavy atom. The average molecular weight is 242 g/mol. The highest BCUT2D eigenvalue weighted by Gasteiger charge is 1.94. The minimum atomic E-state index is 1.10. The molecule has 0 amide bonds. The molecule has 0 heterocycles. The van der Waals surface area contributed by atoms with Crippen molar-refractivity contribution in [1.29, 1.82) is 0 Å². The first kappa shape index (κ1) is 12.4. The van der Waals surface area contributed by atoms with Crippen LogP contribution in [-0.4, -0.2) is 13.3 Å². The van der Waals surface area contributed by atoms with Crippen LogP contribution in [-0.2, 0) is 0 Å². The number of aryl methyl sites for hydroxylation is 1. The van der Waals surface area contributed by atoms with Crippen LogP contribution >= 0.6 is 15.9 Å². The van der Waals surface area contributed by atoms with Gasteiger partial charge in [-0.1, -0.05) is 35.8 Å². The molecule has 13 heavy (non-hydrogen) atoms. The predicted molar refractivity (Wildman–Crippen MR) is 63.7 cm³/mol. The van der Waals surface area contributed by atoms with Crippen LogP contribution < -0.4 is 0 Å². The molecule has 0 aliphatic heterocycles. The van der Waals surface area contributed by atoms with Crippen LogP contribution in [0.4, 0.5) is 0 Å². The maximum Gasteiger partial charge on any atom is 0.0284 e. The third-order valence-electron chi connectivity index (χ3n) is 1.51. The second-order valence-corrected chi connectivity index (χ2v) is 3.30. The van der Waals surface area contributed by atoms with Crippen LogP contribution in [0.3, 0.4) is 0 Å². The molecule has 0 unspecified atom stereocenters. The molecule has 1 rings (SSSR count). The molecule has 1 aromatic rings. The highest BCUT2D eigenvalue weighted by atomic mass is 79.9. The predicted octanol–water partition coefficient (Wildman–Crippen LogP) is 3.83. The first-order chi connectivity index (χ1) is 6.24. The van der Waals surface area contributed by atoms with Crippen LogP contribution in [0.1, 0.15) is 25.0 Å². The number of hydrogen-bond acceptors (Lipinski definition) is 1. The molecule has 2 heteroatoms. The van der Waals surface area contributed by atoms with E-state index in [1.807, 2.05) is 26.1 Å². The highest BCUT2D eigenvalue weighted by Crippen LogP contribution is 2.14. The molecule has 0 saturated carbocycles. The molecule has 0 atom stereocenters. The normalized spacial score (nSPS) is 9.62. The SMILES string of the molecule is CC.CN=Cc1cc(Br)ccc1C. The Bertz CT molecular complexity index is 279. The molecular formula is C11H16BrN. The maximum absolute atomic E-state index is 3.96. The van der Waals surface area contributed by atoms with Gasteiger partial charge in [-0.05, 0) is 30.2 Å². The molecule has 72 valence electrons. The van der Waals surface area contributed by atoms with Crippen LogP contribution in [0.2, 0.25) is 0 Å². The minimum absolute atomic E-state index is 1.10. The van der Waals surface area contributed by atoms with E-state index in [2.05, 4.69) is 40.0 Å². The fourth-order valence-corrected chi connectivity index (χ4v) is 1.27. The highest BCUT2D eigenvalue weighted by molar-refractivity contribution is 9.10. The lowest BCUT2D eigenvalue weighted by Gasteiger charge is -1.98. The van der Waals surface area contributed by atoms with Gasteiger partial charge in [0.1, 0.15) is 0 Å². The zero-order valence-corrected chi connectivity index (χ0v) is 10.2. The third-order valence-corrected chi connectivity index (χ3v) is 2.00. The van der Waals surface area contributed by atoms with E-state index in [1.165, 1.54) is 11.1 Å². The summed E-state index contributed by atoms with van der Waals surface area (Å²) in [5, 5.41) is 0. The van der Waals surface area contributed by atoms with Crippen molar-refractivity contribution in [2.45, 2.75) is 20.8 Å². The van der Waals surface area contributed by atoms with Crippen molar-refractivity contribution < 1.29 is 0 Å². The Morgan fingerprint density at radius 2 is 1.92 bits per heavy atom. The molecule has 0 saturated heterocycles. The standard InChI is InChI=1S/C9H10BrN.C2H6/c1-7-3-4-9(10)5-8(7)6-11-2;1-2/h3-6H,1-2H3;1-2H3. The molecule has 1 nitrogen and oxygen atoms in total. The number of halogens is 1.